The van der Waals surface area contributed by atoms with Crippen molar-refractivity contribution in [2.75, 3.05) is 0 Å². The van der Waals surface area contributed by atoms with Crippen LogP contribution in [0.5, 0.6) is 0 Å². The van der Waals surface area contributed by atoms with Gasteiger partial charge < -0.3 is 0 Å². The molecule has 0 heterocycles. The Bertz CT molecular complexity index is 699. The van der Waals surface area contributed by atoms with Gasteiger partial charge in [-0.1, -0.05) is 0 Å². The number of hydrogen-bond acceptors (Lipinski definition) is 0. The van der Waals surface area contributed by atoms with Gasteiger partial charge in [-0.3, -0.25) is 0 Å². The van der Waals surface area contributed by atoms with Gasteiger partial charge in [-0.15, -0.1) is 24.8 Å². The van der Waals surface area contributed by atoms with Gasteiger partial charge in [0.05, 0.1) is 0 Å². The van der Waals surface area contributed by atoms with Gasteiger partial charge in [-0.05, 0) is 0 Å². The zero-order valence-electron chi connectivity index (χ0n) is 19.6. The molecular weight excluding hydrogens is 478 g/mol. The molecule has 0 spiro atoms. The van der Waals surface area contributed by atoms with Crippen LogP contribution in [-0.2, 0) is 17.4 Å². The largest absolute Gasteiger partial charge is 0.147 e. The Morgan fingerprint density at radius 3 is 1.36 bits per heavy atom. The van der Waals surface area contributed by atoms with Crippen LogP contribution < -0.4 is 0 Å². The first-order valence-electron chi connectivity index (χ1n) is 10.9. The maximum Gasteiger partial charge on any atom is -0.147 e. The Morgan fingerprint density at radius 2 is 1.11 bits per heavy atom. The quantitative estimate of drug-likeness (QED) is 0.282. The number of rotatable bonds is 8. The van der Waals surface area contributed by atoms with E-state index in [1.165, 1.54) is 38.5 Å². The van der Waals surface area contributed by atoms with Crippen molar-refractivity contribution in [1.82, 2.24) is 0 Å². The zero-order chi connectivity index (χ0) is 19.7. The van der Waals surface area contributed by atoms with E-state index < -0.39 is 17.4 Å². The summed E-state index contributed by atoms with van der Waals surface area (Å²) in [6.07, 6.45) is 12.7. The van der Waals surface area contributed by atoms with Crippen LogP contribution in [0.4, 0.5) is 0 Å². The molecule has 0 saturated heterocycles. The van der Waals surface area contributed by atoms with Crippen molar-refractivity contribution >= 4 is 31.7 Å². The van der Waals surface area contributed by atoms with E-state index in [0.29, 0.717) is 0 Å². The summed E-state index contributed by atoms with van der Waals surface area (Å²) in [6.45, 7) is 16.6. The molecule has 0 unspecified atom stereocenters. The Hall–Kier alpha value is 0.640. The monoisotopic (exact) mass is 520 g/mol. The van der Waals surface area contributed by atoms with Crippen LogP contribution in [-0.4, -0.2) is 6.88 Å². The van der Waals surface area contributed by atoms with Crippen molar-refractivity contribution in [2.45, 2.75) is 89.3 Å². The smallest absolute Gasteiger partial charge is 0.147 e. The molecule has 2 aliphatic carbocycles. The number of halogens is 2. The van der Waals surface area contributed by atoms with Crippen molar-refractivity contribution in [3.8, 4) is 0 Å². The third-order valence-corrected chi connectivity index (χ3v) is 23.4. The molecule has 0 aliphatic heterocycles. The summed E-state index contributed by atoms with van der Waals surface area (Å²) < 4.78 is 9.27. The van der Waals surface area contributed by atoms with Gasteiger partial charge in [0.2, 0.25) is 0 Å². The summed E-state index contributed by atoms with van der Waals surface area (Å²) >= 11 is -3.07. The van der Waals surface area contributed by atoms with Crippen LogP contribution in [0.2, 0.25) is 9.26 Å². The maximum absolute atomic E-state index is 3.07. The first-order valence-corrected chi connectivity index (χ1v) is 24.2. The summed E-state index contributed by atoms with van der Waals surface area (Å²) in [5.74, 6) is 1.53. The third-order valence-electron chi connectivity index (χ3n) is 6.38. The minimum atomic E-state index is -3.07. The average molecular weight is 523 g/mol. The SMILES string of the molecule is CCC1=[C]([Zr]([CH3])([CH3])(=[SiH2])[C]2=C(CC)C=C(CC(C)C)C2)CC(CC(C)C)=C1.Cl.Cl. The van der Waals surface area contributed by atoms with E-state index in [1.54, 1.807) is 22.3 Å². The van der Waals surface area contributed by atoms with Crippen molar-refractivity contribution in [3.05, 3.63) is 41.0 Å². The van der Waals surface area contributed by atoms with Crippen LogP contribution in [0.1, 0.15) is 80.1 Å². The van der Waals surface area contributed by atoms with Crippen LogP contribution in [0.25, 0.3) is 0 Å². The van der Waals surface area contributed by atoms with E-state index in [4.69, 9.17) is 0 Å². The molecule has 0 aromatic carbocycles. The van der Waals surface area contributed by atoms with Gasteiger partial charge in [0, 0.05) is 0 Å². The molecule has 0 atom stereocenters. The summed E-state index contributed by atoms with van der Waals surface area (Å²) in [6, 6.07) is 0. The molecule has 28 heavy (non-hydrogen) atoms. The normalized spacial score (nSPS) is 17.8. The summed E-state index contributed by atoms with van der Waals surface area (Å²) in [7, 11) is 0. The molecule has 0 amide bonds. The van der Waals surface area contributed by atoms with Gasteiger partial charge >= 0.3 is 166 Å². The number of allylic oxidation sites excluding steroid dienone is 8. The van der Waals surface area contributed by atoms with Crippen LogP contribution in [0, 0.1) is 11.8 Å². The van der Waals surface area contributed by atoms with E-state index >= 15 is 0 Å². The van der Waals surface area contributed by atoms with E-state index in [-0.39, 0.29) is 24.8 Å². The molecule has 0 radical (unpaired) electrons. The molecule has 2 rings (SSSR count). The minimum Gasteiger partial charge on any atom is -0.147 e. The van der Waals surface area contributed by atoms with E-state index in [2.05, 4.69) is 69.8 Å². The van der Waals surface area contributed by atoms with Crippen LogP contribution in [0.3, 0.4) is 0 Å². The van der Waals surface area contributed by atoms with Gasteiger partial charge in [0.25, 0.3) is 0 Å². The molecule has 0 aromatic rings. The second-order valence-electron chi connectivity index (χ2n) is 10.6. The summed E-state index contributed by atoms with van der Waals surface area (Å²) in [5.41, 5.74) is 6.81. The maximum atomic E-state index is 2.73. The van der Waals surface area contributed by atoms with Crippen LogP contribution in [0.15, 0.2) is 41.0 Å². The molecule has 0 aromatic heterocycles. The molecule has 0 saturated carbocycles. The van der Waals surface area contributed by atoms with Gasteiger partial charge in [-0.25, -0.2) is 0 Å². The molecule has 0 nitrogen and oxygen atoms in total. The van der Waals surface area contributed by atoms with E-state index in [1.807, 2.05) is 6.56 Å². The fourth-order valence-electron chi connectivity index (χ4n) is 5.17. The minimum absolute atomic E-state index is 0. The summed E-state index contributed by atoms with van der Waals surface area (Å²) in [4.78, 5) is 0. The first kappa shape index (κ1) is 28.6. The van der Waals surface area contributed by atoms with Gasteiger partial charge in [0.1, 0.15) is 0 Å². The van der Waals surface area contributed by atoms with Gasteiger partial charge in [-0.2, -0.15) is 0 Å². The van der Waals surface area contributed by atoms with Crippen molar-refractivity contribution in [2.24, 2.45) is 11.8 Å². The summed E-state index contributed by atoms with van der Waals surface area (Å²) in [5, 5.41) is 0. The topological polar surface area (TPSA) is 0 Å². The van der Waals surface area contributed by atoms with Gasteiger partial charge in [0.15, 0.2) is 0 Å². The second-order valence-corrected chi connectivity index (χ2v) is 39.3. The van der Waals surface area contributed by atoms with E-state index in [0.717, 1.165) is 11.8 Å². The van der Waals surface area contributed by atoms with Crippen molar-refractivity contribution < 1.29 is 17.4 Å². The molecule has 0 N–H and O–H groups in total. The molecular formula is C24H44Cl2SiZr. The first-order chi connectivity index (χ1) is 12.0. The van der Waals surface area contributed by atoms with Crippen molar-refractivity contribution in [1.29, 1.82) is 0 Å². The Morgan fingerprint density at radius 1 is 0.786 bits per heavy atom. The molecule has 0 fully saturated rings. The fourth-order valence-corrected chi connectivity index (χ4v) is 20.4. The van der Waals surface area contributed by atoms with Crippen LogP contribution >= 0.6 is 24.8 Å². The molecule has 162 valence electrons. The standard InChI is InChI=1S/2C11H17.2CH3.2ClH.H2Si.Zr/c2*1-4-10-5-6-11(8-10)7-9(2)3;;;;;;/h2*8-9H,4,6-7H2,1-3H3;2*1H3;2*1H;1H2;. The predicted octanol–water partition coefficient (Wildman–Crippen LogP) is 8.24. The Kier molecular flexibility index (Phi) is 11.0. The third kappa shape index (κ3) is 6.32. The number of hydrogen-bond donors (Lipinski definition) is 0. The Balaban J connectivity index is 0.00000364. The van der Waals surface area contributed by atoms with E-state index in [9.17, 15) is 0 Å². The predicted molar refractivity (Wildman–Crippen MR) is 134 cm³/mol. The second kappa shape index (κ2) is 10.8. The fraction of sp³-hybridized carbons (Fsp3) is 0.667. The average Bonchev–Trinajstić information content (AvgIpc) is 3.10. The molecule has 2 aliphatic rings. The van der Waals surface area contributed by atoms with Crippen molar-refractivity contribution in [3.63, 3.8) is 0 Å². The molecule has 0 bridgehead atoms. The Labute approximate surface area is 190 Å². The zero-order valence-corrected chi connectivity index (χ0v) is 25.1. The molecule has 4 heteroatoms.